The van der Waals surface area contributed by atoms with Crippen molar-refractivity contribution in [1.29, 1.82) is 0 Å². The Morgan fingerprint density at radius 2 is 1.30 bits per heavy atom. The Hall–Kier alpha value is -1.72. The molecule has 1 aliphatic heterocycles. The fourth-order valence-corrected chi connectivity index (χ4v) is 3.65. The monoisotopic (exact) mass is 366 g/mol. The van der Waals surface area contributed by atoms with Crippen molar-refractivity contribution < 1.29 is 0 Å². The van der Waals surface area contributed by atoms with E-state index in [1.807, 2.05) is 0 Å². The van der Waals surface area contributed by atoms with Crippen LogP contribution in [0.3, 0.4) is 0 Å². The molecule has 2 aromatic carbocycles. The highest BCUT2D eigenvalue weighted by Crippen LogP contribution is 2.08. The van der Waals surface area contributed by atoms with Gasteiger partial charge in [-0.15, -0.1) is 0 Å². The van der Waals surface area contributed by atoms with Crippen molar-refractivity contribution in [3.8, 4) is 0 Å². The molecular weight excluding hydrogens is 332 g/mol. The van der Waals surface area contributed by atoms with Gasteiger partial charge >= 0.3 is 0 Å². The van der Waals surface area contributed by atoms with E-state index in [9.17, 15) is 0 Å². The first-order valence-electron chi connectivity index (χ1n) is 10.3. The van der Waals surface area contributed by atoms with Crippen LogP contribution in [0.5, 0.6) is 0 Å². The predicted octanol–water partition coefficient (Wildman–Crippen LogP) is 2.57. The fourth-order valence-electron chi connectivity index (χ4n) is 3.65. The van der Waals surface area contributed by atoms with E-state index in [0.29, 0.717) is 6.04 Å². The number of nitrogens with one attached hydrogen (secondary N) is 2. The van der Waals surface area contributed by atoms with Crippen LogP contribution in [0.25, 0.3) is 0 Å². The van der Waals surface area contributed by atoms with Crippen LogP contribution in [0, 0.1) is 0 Å². The summed E-state index contributed by atoms with van der Waals surface area (Å²) in [5.74, 6) is 0. The predicted molar refractivity (Wildman–Crippen MR) is 114 cm³/mol. The van der Waals surface area contributed by atoms with Gasteiger partial charge < -0.3 is 10.6 Å². The van der Waals surface area contributed by atoms with Gasteiger partial charge in [0, 0.05) is 64.9 Å². The molecule has 0 spiro atoms. The molecule has 0 saturated carbocycles. The highest BCUT2D eigenvalue weighted by molar-refractivity contribution is 5.15. The Bertz CT molecular complexity index is 631. The Kier molecular flexibility index (Phi) is 8.31. The van der Waals surface area contributed by atoms with Crippen LogP contribution in [0.15, 0.2) is 60.7 Å². The van der Waals surface area contributed by atoms with Gasteiger partial charge in [-0.3, -0.25) is 9.80 Å². The molecule has 0 unspecified atom stereocenters. The summed E-state index contributed by atoms with van der Waals surface area (Å²) < 4.78 is 0. The zero-order valence-electron chi connectivity index (χ0n) is 16.6. The van der Waals surface area contributed by atoms with E-state index in [1.165, 1.54) is 11.1 Å². The van der Waals surface area contributed by atoms with Gasteiger partial charge in [0.1, 0.15) is 0 Å². The molecule has 1 saturated heterocycles. The van der Waals surface area contributed by atoms with Crippen molar-refractivity contribution in [1.82, 2.24) is 20.4 Å². The Morgan fingerprint density at radius 1 is 0.741 bits per heavy atom. The van der Waals surface area contributed by atoms with Crippen LogP contribution >= 0.6 is 0 Å². The van der Waals surface area contributed by atoms with Gasteiger partial charge in [0.15, 0.2) is 0 Å². The highest BCUT2D eigenvalue weighted by Gasteiger charge is 2.15. The molecule has 3 rings (SSSR count). The zero-order chi connectivity index (χ0) is 18.7. The fraction of sp³-hybridized carbons (Fsp3) is 0.478. The molecule has 2 N–H and O–H groups in total. The second kappa shape index (κ2) is 11.2. The topological polar surface area (TPSA) is 30.5 Å². The van der Waals surface area contributed by atoms with Crippen LogP contribution in [0.4, 0.5) is 0 Å². The number of hydrogen-bond acceptors (Lipinski definition) is 4. The maximum Gasteiger partial charge on any atom is 0.0237 e. The summed E-state index contributed by atoms with van der Waals surface area (Å²) in [6, 6.07) is 22.1. The van der Waals surface area contributed by atoms with E-state index in [0.717, 1.165) is 58.9 Å². The van der Waals surface area contributed by atoms with E-state index in [1.54, 1.807) is 0 Å². The van der Waals surface area contributed by atoms with Crippen LogP contribution in [0.1, 0.15) is 18.1 Å². The molecular formula is C23H34N4. The molecule has 1 atom stereocenters. The molecule has 2 aromatic rings. The summed E-state index contributed by atoms with van der Waals surface area (Å²) in [5.41, 5.74) is 2.79. The average Bonchev–Trinajstić information content (AvgIpc) is 2.70. The maximum absolute atomic E-state index is 3.68. The number of rotatable bonds is 4. The van der Waals surface area contributed by atoms with Gasteiger partial charge in [0.05, 0.1) is 0 Å². The average molecular weight is 367 g/mol. The van der Waals surface area contributed by atoms with E-state index in [2.05, 4.69) is 88.0 Å². The zero-order valence-corrected chi connectivity index (χ0v) is 16.6. The van der Waals surface area contributed by atoms with Crippen molar-refractivity contribution in [3.05, 3.63) is 71.8 Å². The third-order valence-corrected chi connectivity index (χ3v) is 5.33. The van der Waals surface area contributed by atoms with Gasteiger partial charge in [0.2, 0.25) is 0 Å². The highest BCUT2D eigenvalue weighted by atomic mass is 15.2. The molecule has 1 aliphatic rings. The Labute approximate surface area is 164 Å². The molecule has 0 aromatic heterocycles. The molecule has 1 fully saturated rings. The van der Waals surface area contributed by atoms with Gasteiger partial charge in [-0.1, -0.05) is 60.7 Å². The Morgan fingerprint density at radius 3 is 1.96 bits per heavy atom. The molecule has 4 heteroatoms. The lowest BCUT2D eigenvalue weighted by atomic mass is 10.1. The first kappa shape index (κ1) is 20.0. The third kappa shape index (κ3) is 7.07. The van der Waals surface area contributed by atoms with Gasteiger partial charge in [0.25, 0.3) is 0 Å². The standard InChI is InChI=1S/C23H34N4/c1-21-18-25-13-16-26(19-22-8-4-2-5-9-22)15-12-24-14-17-27(21)20-23-10-6-3-7-11-23/h2-11,21,24-25H,12-20H2,1H3/t21-/m1/s1. The largest absolute Gasteiger partial charge is 0.314 e. The lowest BCUT2D eigenvalue weighted by molar-refractivity contribution is 0.185. The van der Waals surface area contributed by atoms with Crippen LogP contribution in [-0.2, 0) is 13.1 Å². The minimum absolute atomic E-state index is 0.522. The van der Waals surface area contributed by atoms with Gasteiger partial charge in [-0.25, -0.2) is 0 Å². The lowest BCUT2D eigenvalue weighted by Gasteiger charge is -2.31. The van der Waals surface area contributed by atoms with E-state index in [-0.39, 0.29) is 0 Å². The van der Waals surface area contributed by atoms with Crippen molar-refractivity contribution in [3.63, 3.8) is 0 Å². The third-order valence-electron chi connectivity index (χ3n) is 5.33. The summed E-state index contributed by atoms with van der Waals surface area (Å²) in [6.07, 6.45) is 0. The van der Waals surface area contributed by atoms with Gasteiger partial charge in [-0.05, 0) is 18.1 Å². The molecule has 0 amide bonds. The second-order valence-corrected chi connectivity index (χ2v) is 7.52. The molecule has 0 bridgehead atoms. The van der Waals surface area contributed by atoms with Crippen molar-refractivity contribution in [2.45, 2.75) is 26.1 Å². The lowest BCUT2D eigenvalue weighted by Crippen LogP contribution is -2.46. The SMILES string of the molecule is C[C@@H]1CNCCN(Cc2ccccc2)CCNCCN1Cc1ccccc1. The number of hydrogen-bond donors (Lipinski definition) is 2. The number of benzene rings is 2. The summed E-state index contributed by atoms with van der Waals surface area (Å²) in [6.45, 7) is 11.8. The minimum atomic E-state index is 0.522. The van der Waals surface area contributed by atoms with Crippen molar-refractivity contribution >= 4 is 0 Å². The van der Waals surface area contributed by atoms with Crippen LogP contribution in [0.2, 0.25) is 0 Å². The van der Waals surface area contributed by atoms with E-state index in [4.69, 9.17) is 0 Å². The van der Waals surface area contributed by atoms with Gasteiger partial charge in [-0.2, -0.15) is 0 Å². The molecule has 1 heterocycles. The smallest absolute Gasteiger partial charge is 0.0237 e. The van der Waals surface area contributed by atoms with Crippen molar-refractivity contribution in [2.75, 3.05) is 45.8 Å². The second-order valence-electron chi connectivity index (χ2n) is 7.52. The Balaban J connectivity index is 1.52. The molecule has 4 nitrogen and oxygen atoms in total. The minimum Gasteiger partial charge on any atom is -0.314 e. The van der Waals surface area contributed by atoms with Crippen LogP contribution in [-0.4, -0.2) is 61.7 Å². The first-order valence-corrected chi connectivity index (χ1v) is 10.3. The summed E-state index contributed by atoms with van der Waals surface area (Å²) in [5, 5.41) is 7.33. The van der Waals surface area contributed by atoms with E-state index >= 15 is 0 Å². The molecule has 0 aliphatic carbocycles. The molecule has 146 valence electrons. The van der Waals surface area contributed by atoms with Crippen molar-refractivity contribution in [2.24, 2.45) is 0 Å². The molecule has 0 radical (unpaired) electrons. The summed E-state index contributed by atoms with van der Waals surface area (Å²) >= 11 is 0. The number of nitrogens with zero attached hydrogens (tertiary/aromatic N) is 2. The molecule has 27 heavy (non-hydrogen) atoms. The van der Waals surface area contributed by atoms with Crippen LogP contribution < -0.4 is 10.6 Å². The van der Waals surface area contributed by atoms with E-state index < -0.39 is 0 Å². The summed E-state index contributed by atoms with van der Waals surface area (Å²) in [4.78, 5) is 5.13. The summed E-state index contributed by atoms with van der Waals surface area (Å²) in [7, 11) is 0. The maximum atomic E-state index is 3.68. The first-order chi connectivity index (χ1) is 13.3. The normalized spacial score (nSPS) is 21.3. The quantitative estimate of drug-likeness (QED) is 0.871.